The highest BCUT2D eigenvalue weighted by Gasteiger charge is 2.18. The molecule has 0 heterocycles. The summed E-state index contributed by atoms with van der Waals surface area (Å²) < 4.78 is 0. The Kier molecular flexibility index (Phi) is 4.96. The molecule has 0 atom stereocenters. The van der Waals surface area contributed by atoms with Crippen LogP contribution in [0.25, 0.3) is 0 Å². The maximum atomic E-state index is 11.7. The van der Waals surface area contributed by atoms with E-state index in [9.17, 15) is 19.7 Å². The summed E-state index contributed by atoms with van der Waals surface area (Å²) in [6.07, 6.45) is -0.502. The van der Waals surface area contributed by atoms with Crippen molar-refractivity contribution in [3.8, 4) is 0 Å². The highest BCUT2D eigenvalue weighted by molar-refractivity contribution is 5.98. The van der Waals surface area contributed by atoms with Crippen molar-refractivity contribution in [3.05, 3.63) is 46.2 Å². The fourth-order valence-electron chi connectivity index (χ4n) is 1.56. The van der Waals surface area contributed by atoms with Crippen LogP contribution in [-0.2, 0) is 4.79 Å². The summed E-state index contributed by atoms with van der Waals surface area (Å²) >= 11 is 0. The van der Waals surface area contributed by atoms with Gasteiger partial charge in [-0.15, -0.1) is 0 Å². The zero-order valence-corrected chi connectivity index (χ0v) is 10.9. The minimum atomic E-state index is -1.09. The molecule has 0 bridgehead atoms. The average molecular weight is 278 g/mol. The number of nitro groups is 1. The Balaban J connectivity index is 3.03. The molecule has 1 aromatic carbocycles. The lowest BCUT2D eigenvalue weighted by Gasteiger charge is -2.07. The van der Waals surface area contributed by atoms with E-state index in [1.54, 1.807) is 6.92 Å². The van der Waals surface area contributed by atoms with Crippen LogP contribution in [0.5, 0.6) is 0 Å². The van der Waals surface area contributed by atoms with E-state index >= 15 is 0 Å². The first-order valence-corrected chi connectivity index (χ1v) is 5.77. The SMILES string of the molecule is C=C(C)Nc1ccc(C(=O)CCC(=O)O)cc1[N+](=O)[O-]. The summed E-state index contributed by atoms with van der Waals surface area (Å²) in [5.74, 6) is -1.54. The summed E-state index contributed by atoms with van der Waals surface area (Å²) in [5, 5.41) is 22.2. The molecule has 106 valence electrons. The number of nitro benzene ring substituents is 1. The van der Waals surface area contributed by atoms with Crippen LogP contribution in [0.3, 0.4) is 0 Å². The van der Waals surface area contributed by atoms with Gasteiger partial charge >= 0.3 is 5.97 Å². The van der Waals surface area contributed by atoms with Gasteiger partial charge in [0, 0.05) is 23.7 Å². The van der Waals surface area contributed by atoms with E-state index < -0.39 is 16.7 Å². The van der Waals surface area contributed by atoms with E-state index in [-0.39, 0.29) is 29.8 Å². The molecule has 7 heteroatoms. The molecule has 7 nitrogen and oxygen atoms in total. The molecule has 0 saturated heterocycles. The quantitative estimate of drug-likeness (QED) is 0.450. The highest BCUT2D eigenvalue weighted by atomic mass is 16.6. The van der Waals surface area contributed by atoms with Gasteiger partial charge in [-0.3, -0.25) is 19.7 Å². The number of ketones is 1. The van der Waals surface area contributed by atoms with Crippen LogP contribution >= 0.6 is 0 Å². The molecular weight excluding hydrogens is 264 g/mol. The van der Waals surface area contributed by atoms with Crippen LogP contribution < -0.4 is 5.32 Å². The summed E-state index contributed by atoms with van der Waals surface area (Å²) in [4.78, 5) is 32.5. The first-order chi connectivity index (χ1) is 9.31. The summed E-state index contributed by atoms with van der Waals surface area (Å²) in [7, 11) is 0. The predicted octanol–water partition coefficient (Wildman–Crippen LogP) is 2.59. The lowest BCUT2D eigenvalue weighted by atomic mass is 10.0. The standard InChI is InChI=1S/C13H14N2O5/c1-8(2)14-10-4-3-9(7-11(10)15(19)20)12(16)5-6-13(17)18/h3-4,7,14H,1,5-6H2,2H3,(H,17,18). The van der Waals surface area contributed by atoms with Gasteiger partial charge in [-0.05, 0) is 19.1 Å². The molecule has 2 N–H and O–H groups in total. The van der Waals surface area contributed by atoms with Crippen molar-refractivity contribution >= 4 is 23.1 Å². The zero-order chi connectivity index (χ0) is 15.3. The number of hydrogen-bond acceptors (Lipinski definition) is 5. The first-order valence-electron chi connectivity index (χ1n) is 5.77. The number of hydrogen-bond donors (Lipinski definition) is 2. The summed E-state index contributed by atoms with van der Waals surface area (Å²) in [5.41, 5.74) is 0.620. The van der Waals surface area contributed by atoms with Crippen molar-refractivity contribution in [1.29, 1.82) is 0 Å². The van der Waals surface area contributed by atoms with Crippen LogP contribution in [-0.4, -0.2) is 21.8 Å². The molecule has 0 radical (unpaired) electrons. The summed E-state index contributed by atoms with van der Waals surface area (Å²) in [6.45, 7) is 5.24. The van der Waals surface area contributed by atoms with Crippen molar-refractivity contribution in [2.45, 2.75) is 19.8 Å². The smallest absolute Gasteiger partial charge is 0.303 e. The van der Waals surface area contributed by atoms with Crippen molar-refractivity contribution in [2.24, 2.45) is 0 Å². The van der Waals surface area contributed by atoms with Gasteiger partial charge < -0.3 is 10.4 Å². The summed E-state index contributed by atoms with van der Waals surface area (Å²) in [6, 6.07) is 3.96. The Morgan fingerprint density at radius 2 is 2.05 bits per heavy atom. The van der Waals surface area contributed by atoms with Crippen molar-refractivity contribution in [1.82, 2.24) is 0 Å². The van der Waals surface area contributed by atoms with Crippen LogP contribution in [0.4, 0.5) is 11.4 Å². The number of allylic oxidation sites excluding steroid dienone is 1. The molecule has 0 aromatic heterocycles. The molecule has 0 aliphatic heterocycles. The lowest BCUT2D eigenvalue weighted by Crippen LogP contribution is -2.06. The first kappa shape index (κ1) is 15.4. The van der Waals surface area contributed by atoms with Gasteiger partial charge in [0.1, 0.15) is 5.69 Å². The van der Waals surface area contributed by atoms with Gasteiger partial charge in [-0.25, -0.2) is 0 Å². The number of anilines is 1. The number of nitrogens with zero attached hydrogens (tertiary/aromatic N) is 1. The fourth-order valence-corrected chi connectivity index (χ4v) is 1.56. The number of aliphatic carboxylic acids is 1. The van der Waals surface area contributed by atoms with E-state index in [1.807, 2.05) is 0 Å². The van der Waals surface area contributed by atoms with Crippen LogP contribution in [0.1, 0.15) is 30.1 Å². The molecule has 0 fully saturated rings. The van der Waals surface area contributed by atoms with Gasteiger partial charge in [-0.1, -0.05) is 6.58 Å². The highest BCUT2D eigenvalue weighted by Crippen LogP contribution is 2.27. The van der Waals surface area contributed by atoms with Gasteiger partial charge in [0.15, 0.2) is 5.78 Å². The molecule has 0 aliphatic rings. The predicted molar refractivity (Wildman–Crippen MR) is 72.7 cm³/mol. The second-order valence-electron chi connectivity index (χ2n) is 4.21. The minimum absolute atomic E-state index is 0.116. The van der Waals surface area contributed by atoms with E-state index in [1.165, 1.54) is 12.1 Å². The van der Waals surface area contributed by atoms with E-state index in [0.29, 0.717) is 5.70 Å². The largest absolute Gasteiger partial charge is 0.481 e. The molecular formula is C13H14N2O5. The number of benzene rings is 1. The minimum Gasteiger partial charge on any atom is -0.481 e. The Bertz CT molecular complexity index is 580. The average Bonchev–Trinajstić information content (AvgIpc) is 2.35. The van der Waals surface area contributed by atoms with Crippen LogP contribution in [0.2, 0.25) is 0 Å². The van der Waals surface area contributed by atoms with Gasteiger partial charge in [-0.2, -0.15) is 0 Å². The molecule has 0 saturated carbocycles. The molecule has 1 aromatic rings. The number of carbonyl (C=O) groups is 2. The third kappa shape index (κ3) is 4.20. The Morgan fingerprint density at radius 1 is 1.40 bits per heavy atom. The van der Waals surface area contributed by atoms with Gasteiger partial charge in [0.05, 0.1) is 11.3 Å². The number of rotatable bonds is 7. The topological polar surface area (TPSA) is 110 Å². The second-order valence-corrected chi connectivity index (χ2v) is 4.21. The molecule has 1 rings (SSSR count). The second kappa shape index (κ2) is 6.46. The Hall–Kier alpha value is -2.70. The maximum Gasteiger partial charge on any atom is 0.303 e. The third-order valence-corrected chi connectivity index (χ3v) is 2.43. The van der Waals surface area contributed by atoms with E-state index in [4.69, 9.17) is 5.11 Å². The number of carboxylic acid groups (broad SMARTS) is 1. The lowest BCUT2D eigenvalue weighted by molar-refractivity contribution is -0.384. The van der Waals surface area contributed by atoms with Crippen LogP contribution in [0.15, 0.2) is 30.5 Å². The van der Waals surface area contributed by atoms with E-state index in [2.05, 4.69) is 11.9 Å². The molecule has 0 spiro atoms. The Labute approximate surface area is 115 Å². The monoisotopic (exact) mass is 278 g/mol. The number of Topliss-reactive ketones (excluding diaryl/α,β-unsaturated/α-hetero) is 1. The number of nitrogens with one attached hydrogen (secondary N) is 1. The number of carboxylic acids is 1. The molecule has 0 amide bonds. The maximum absolute atomic E-state index is 11.7. The molecule has 0 unspecified atom stereocenters. The number of carbonyl (C=O) groups excluding carboxylic acids is 1. The fraction of sp³-hybridized carbons (Fsp3) is 0.231. The van der Waals surface area contributed by atoms with Gasteiger partial charge in [0.2, 0.25) is 0 Å². The van der Waals surface area contributed by atoms with E-state index in [0.717, 1.165) is 6.07 Å². The molecule has 0 aliphatic carbocycles. The van der Waals surface area contributed by atoms with Crippen LogP contribution in [0, 0.1) is 10.1 Å². The van der Waals surface area contributed by atoms with Crippen molar-refractivity contribution in [3.63, 3.8) is 0 Å². The Morgan fingerprint density at radius 3 is 2.55 bits per heavy atom. The molecule has 20 heavy (non-hydrogen) atoms. The third-order valence-electron chi connectivity index (χ3n) is 2.43. The van der Waals surface area contributed by atoms with Gasteiger partial charge in [0.25, 0.3) is 5.69 Å². The zero-order valence-electron chi connectivity index (χ0n) is 10.9. The van der Waals surface area contributed by atoms with Crippen molar-refractivity contribution < 1.29 is 19.6 Å². The normalized spacial score (nSPS) is 9.85. The van der Waals surface area contributed by atoms with Crippen molar-refractivity contribution in [2.75, 3.05) is 5.32 Å².